The quantitative estimate of drug-likeness (QED) is 0.673. The number of nitrogens with one attached hydrogen (secondary N) is 1. The maximum absolute atomic E-state index is 11.6. The van der Waals surface area contributed by atoms with Crippen molar-refractivity contribution < 1.29 is 19.4 Å². The molecule has 1 aromatic carbocycles. The second-order valence-corrected chi connectivity index (χ2v) is 4.43. The third kappa shape index (κ3) is 6.33. The van der Waals surface area contributed by atoms with Crippen LogP contribution in [0.3, 0.4) is 0 Å². The van der Waals surface area contributed by atoms with E-state index in [1.54, 1.807) is 0 Å². The van der Waals surface area contributed by atoms with Crippen molar-refractivity contribution in [2.24, 2.45) is 0 Å². The van der Waals surface area contributed by atoms with Crippen molar-refractivity contribution in [3.63, 3.8) is 0 Å². The van der Waals surface area contributed by atoms with Crippen LogP contribution in [0.2, 0.25) is 0 Å². The number of amides is 1. The monoisotopic (exact) mass is 279 g/mol. The predicted octanol–water partition coefficient (Wildman–Crippen LogP) is 1.62. The van der Waals surface area contributed by atoms with E-state index in [2.05, 4.69) is 5.32 Å². The molecule has 0 bridgehead atoms. The summed E-state index contributed by atoms with van der Waals surface area (Å²) >= 11 is 0. The minimum absolute atomic E-state index is 0.183. The summed E-state index contributed by atoms with van der Waals surface area (Å²) in [5.41, 5.74) is 1.06. The van der Waals surface area contributed by atoms with Gasteiger partial charge >= 0.3 is 5.97 Å². The molecule has 20 heavy (non-hydrogen) atoms. The Labute approximate surface area is 118 Å². The van der Waals surface area contributed by atoms with Crippen LogP contribution in [0.4, 0.5) is 0 Å². The second-order valence-electron chi connectivity index (χ2n) is 4.43. The molecule has 0 heterocycles. The standard InChI is InChI=1S/C15H21NO4/c1-2-20-11-10-14(17)16-13(15(18)19)9-8-12-6-4-3-5-7-12/h3-7,13H,2,8-11H2,1H3,(H,16,17)(H,18,19)/t13-/m0/s1. The van der Waals surface area contributed by atoms with Crippen molar-refractivity contribution in [3.05, 3.63) is 35.9 Å². The van der Waals surface area contributed by atoms with Crippen LogP contribution in [0.5, 0.6) is 0 Å². The SMILES string of the molecule is CCOCCC(=O)N[C@@H](CCc1ccccc1)C(=O)O. The van der Waals surface area contributed by atoms with Gasteiger partial charge in [-0.3, -0.25) is 4.79 Å². The van der Waals surface area contributed by atoms with Gasteiger partial charge in [-0.2, -0.15) is 0 Å². The lowest BCUT2D eigenvalue weighted by atomic mass is 10.1. The molecule has 0 aromatic heterocycles. The predicted molar refractivity (Wildman–Crippen MR) is 75.4 cm³/mol. The van der Waals surface area contributed by atoms with E-state index in [1.165, 1.54) is 0 Å². The molecule has 0 fully saturated rings. The smallest absolute Gasteiger partial charge is 0.326 e. The molecule has 110 valence electrons. The third-order valence-corrected chi connectivity index (χ3v) is 2.88. The molecule has 2 N–H and O–H groups in total. The number of aryl methyl sites for hydroxylation is 1. The van der Waals surface area contributed by atoms with E-state index >= 15 is 0 Å². The Kier molecular flexibility index (Phi) is 7.35. The molecular weight excluding hydrogens is 258 g/mol. The molecule has 0 saturated carbocycles. The highest BCUT2D eigenvalue weighted by Crippen LogP contribution is 2.05. The Bertz CT molecular complexity index is 419. The zero-order valence-electron chi connectivity index (χ0n) is 11.7. The van der Waals surface area contributed by atoms with Gasteiger partial charge in [0.2, 0.25) is 5.91 Å². The van der Waals surface area contributed by atoms with Crippen LogP contribution >= 0.6 is 0 Å². The van der Waals surface area contributed by atoms with Gasteiger partial charge in [-0.25, -0.2) is 4.79 Å². The number of carbonyl (C=O) groups is 2. The van der Waals surface area contributed by atoms with Crippen LogP contribution < -0.4 is 5.32 Å². The minimum Gasteiger partial charge on any atom is -0.480 e. The number of hydrogen-bond donors (Lipinski definition) is 2. The number of aliphatic carboxylic acids is 1. The van der Waals surface area contributed by atoms with E-state index < -0.39 is 12.0 Å². The van der Waals surface area contributed by atoms with Crippen LogP contribution in [-0.4, -0.2) is 36.2 Å². The fraction of sp³-hybridized carbons (Fsp3) is 0.467. The van der Waals surface area contributed by atoms with Gasteiger partial charge in [0.15, 0.2) is 0 Å². The molecule has 0 saturated heterocycles. The van der Waals surface area contributed by atoms with Crippen LogP contribution in [-0.2, 0) is 20.7 Å². The van der Waals surface area contributed by atoms with Gasteiger partial charge in [0.05, 0.1) is 6.61 Å². The first-order chi connectivity index (χ1) is 9.63. The van der Waals surface area contributed by atoms with Crippen molar-refractivity contribution >= 4 is 11.9 Å². The Hall–Kier alpha value is -1.88. The number of hydrogen-bond acceptors (Lipinski definition) is 3. The van der Waals surface area contributed by atoms with Crippen molar-refractivity contribution in [3.8, 4) is 0 Å². The first kappa shape index (κ1) is 16.2. The normalized spacial score (nSPS) is 11.8. The number of carboxylic acid groups (broad SMARTS) is 1. The largest absolute Gasteiger partial charge is 0.480 e. The summed E-state index contributed by atoms with van der Waals surface area (Å²) in [6.45, 7) is 2.70. The molecule has 1 atom stereocenters. The molecule has 0 aliphatic carbocycles. The molecule has 0 radical (unpaired) electrons. The Balaban J connectivity index is 2.40. The highest BCUT2D eigenvalue weighted by Gasteiger charge is 2.19. The van der Waals surface area contributed by atoms with Gasteiger partial charge < -0.3 is 15.2 Å². The number of benzene rings is 1. The lowest BCUT2D eigenvalue weighted by Gasteiger charge is -2.14. The van der Waals surface area contributed by atoms with Gasteiger partial charge in [0.1, 0.15) is 6.04 Å². The summed E-state index contributed by atoms with van der Waals surface area (Å²) in [5.74, 6) is -1.30. The summed E-state index contributed by atoms with van der Waals surface area (Å²) in [5, 5.41) is 11.7. The zero-order chi connectivity index (χ0) is 14.8. The van der Waals surface area contributed by atoms with Crippen molar-refractivity contribution in [1.82, 2.24) is 5.32 Å². The summed E-state index contributed by atoms with van der Waals surface area (Å²) < 4.78 is 5.07. The molecule has 0 spiro atoms. The third-order valence-electron chi connectivity index (χ3n) is 2.88. The number of carboxylic acids is 1. The number of ether oxygens (including phenoxy) is 1. The molecule has 0 aliphatic rings. The van der Waals surface area contributed by atoms with Crippen LogP contribution in [0.1, 0.15) is 25.3 Å². The molecule has 0 unspecified atom stereocenters. The van der Waals surface area contributed by atoms with E-state index in [-0.39, 0.29) is 12.3 Å². The zero-order valence-corrected chi connectivity index (χ0v) is 11.7. The summed E-state index contributed by atoms with van der Waals surface area (Å²) in [4.78, 5) is 22.7. The minimum atomic E-state index is -1.01. The molecule has 1 aromatic rings. The number of carbonyl (C=O) groups excluding carboxylic acids is 1. The highest BCUT2D eigenvalue weighted by atomic mass is 16.5. The second kappa shape index (κ2) is 9.09. The van der Waals surface area contributed by atoms with Gasteiger partial charge in [-0.05, 0) is 25.3 Å². The van der Waals surface area contributed by atoms with E-state index in [1.807, 2.05) is 37.3 Å². The van der Waals surface area contributed by atoms with E-state index in [4.69, 9.17) is 9.84 Å². The lowest BCUT2D eigenvalue weighted by Crippen LogP contribution is -2.41. The molecular formula is C15H21NO4. The van der Waals surface area contributed by atoms with E-state index in [0.29, 0.717) is 26.1 Å². The Morgan fingerprint density at radius 1 is 1.30 bits per heavy atom. The summed E-state index contributed by atoms with van der Waals surface area (Å²) in [7, 11) is 0. The Morgan fingerprint density at radius 2 is 2.00 bits per heavy atom. The first-order valence-corrected chi connectivity index (χ1v) is 6.77. The van der Waals surface area contributed by atoms with Crippen molar-refractivity contribution in [1.29, 1.82) is 0 Å². The maximum Gasteiger partial charge on any atom is 0.326 e. The van der Waals surface area contributed by atoms with Crippen molar-refractivity contribution in [2.75, 3.05) is 13.2 Å². The molecule has 1 rings (SSSR count). The molecule has 0 aliphatic heterocycles. The van der Waals surface area contributed by atoms with Gasteiger partial charge in [0.25, 0.3) is 0 Å². The van der Waals surface area contributed by atoms with Crippen molar-refractivity contribution in [2.45, 2.75) is 32.2 Å². The van der Waals surface area contributed by atoms with Crippen LogP contribution in [0.15, 0.2) is 30.3 Å². The fourth-order valence-electron chi connectivity index (χ4n) is 1.79. The van der Waals surface area contributed by atoms with Gasteiger partial charge in [0, 0.05) is 13.0 Å². The van der Waals surface area contributed by atoms with Gasteiger partial charge in [-0.15, -0.1) is 0 Å². The highest BCUT2D eigenvalue weighted by molar-refractivity contribution is 5.83. The summed E-state index contributed by atoms with van der Waals surface area (Å²) in [6.07, 6.45) is 1.17. The van der Waals surface area contributed by atoms with Crippen LogP contribution in [0, 0.1) is 0 Å². The van der Waals surface area contributed by atoms with Gasteiger partial charge in [-0.1, -0.05) is 30.3 Å². The number of rotatable bonds is 9. The average molecular weight is 279 g/mol. The summed E-state index contributed by atoms with van der Waals surface area (Å²) in [6, 6.07) is 8.75. The fourth-order valence-corrected chi connectivity index (χ4v) is 1.79. The first-order valence-electron chi connectivity index (χ1n) is 6.77. The topological polar surface area (TPSA) is 75.6 Å². The maximum atomic E-state index is 11.6. The average Bonchev–Trinajstić information content (AvgIpc) is 2.44. The molecule has 1 amide bonds. The van der Waals surface area contributed by atoms with E-state index in [0.717, 1.165) is 5.56 Å². The lowest BCUT2D eigenvalue weighted by molar-refractivity contribution is -0.142. The van der Waals surface area contributed by atoms with E-state index in [9.17, 15) is 9.59 Å². The van der Waals surface area contributed by atoms with Crippen LogP contribution in [0.25, 0.3) is 0 Å². The molecule has 5 nitrogen and oxygen atoms in total. The molecule has 5 heteroatoms. The Morgan fingerprint density at radius 3 is 2.60 bits per heavy atom.